The monoisotopic (exact) mass is 175 g/mol. The minimum Gasteiger partial charge on any atom is -0.318 e. The summed E-state index contributed by atoms with van der Waals surface area (Å²) in [7, 11) is 1.92. The lowest BCUT2D eigenvalue weighted by Gasteiger charge is -1.96. The van der Waals surface area contributed by atoms with E-state index in [1.165, 1.54) is 0 Å². The van der Waals surface area contributed by atoms with Crippen LogP contribution in [0.2, 0.25) is 0 Å². The Bertz CT molecular complexity index is 418. The summed E-state index contributed by atoms with van der Waals surface area (Å²) >= 11 is 0. The molecule has 0 fully saturated rings. The van der Waals surface area contributed by atoms with Crippen molar-refractivity contribution in [2.24, 2.45) is 7.05 Å². The second-order valence-electron chi connectivity index (χ2n) is 3.03. The lowest BCUT2D eigenvalue weighted by atomic mass is 10.3. The van der Waals surface area contributed by atoms with Crippen LogP contribution in [0.4, 0.5) is 0 Å². The number of aromatic nitrogens is 4. The lowest BCUT2D eigenvalue weighted by molar-refractivity contribution is 0.830. The summed E-state index contributed by atoms with van der Waals surface area (Å²) in [6, 6.07) is 0. The topological polar surface area (TPSA) is 43.6 Å². The Morgan fingerprint density at radius 3 is 3.15 bits per heavy atom. The Labute approximate surface area is 76.7 Å². The van der Waals surface area contributed by atoms with E-state index in [2.05, 4.69) is 28.1 Å². The van der Waals surface area contributed by atoms with Crippen LogP contribution in [0.5, 0.6) is 0 Å². The Kier molecular flexibility index (Phi) is 1.96. The Hall–Kier alpha value is -1.45. The van der Waals surface area contributed by atoms with Crippen molar-refractivity contribution in [3.8, 4) is 0 Å². The minimum atomic E-state index is 0.738. The molecule has 0 aliphatic rings. The van der Waals surface area contributed by atoms with Crippen LogP contribution in [0.25, 0.3) is 11.2 Å². The van der Waals surface area contributed by atoms with Crippen LogP contribution in [0.3, 0.4) is 0 Å². The maximum atomic E-state index is 4.38. The van der Waals surface area contributed by atoms with Crippen molar-refractivity contribution >= 4 is 11.2 Å². The number of nitrogens with zero attached hydrogens (tertiary/aromatic N) is 4. The van der Waals surface area contributed by atoms with Crippen molar-refractivity contribution in [2.75, 3.05) is 0 Å². The van der Waals surface area contributed by atoms with Gasteiger partial charge in [-0.05, 0) is 6.42 Å². The van der Waals surface area contributed by atoms with Crippen LogP contribution in [0.1, 0.15) is 19.2 Å². The van der Waals surface area contributed by atoms with Crippen molar-refractivity contribution in [3.63, 3.8) is 0 Å². The highest BCUT2D eigenvalue weighted by Crippen LogP contribution is 2.07. The van der Waals surface area contributed by atoms with Gasteiger partial charge in [0.2, 0.25) is 0 Å². The molecule has 0 spiro atoms. The molecule has 67 valence electrons. The first-order valence-corrected chi connectivity index (χ1v) is 4.37. The quantitative estimate of drug-likeness (QED) is 0.686. The highest BCUT2D eigenvalue weighted by Gasteiger charge is 2.03. The summed E-state index contributed by atoms with van der Waals surface area (Å²) < 4.78 is 1.88. The number of aryl methyl sites for hydroxylation is 2. The summed E-state index contributed by atoms with van der Waals surface area (Å²) in [5, 5.41) is 0. The van der Waals surface area contributed by atoms with Crippen LogP contribution in [0, 0.1) is 6.20 Å². The molecule has 2 aromatic rings. The van der Waals surface area contributed by atoms with Crippen molar-refractivity contribution in [2.45, 2.75) is 19.8 Å². The highest BCUT2D eigenvalue weighted by atomic mass is 15.1. The average Bonchev–Trinajstić information content (AvgIpc) is 2.49. The van der Waals surface area contributed by atoms with Gasteiger partial charge in [0.15, 0.2) is 5.65 Å². The highest BCUT2D eigenvalue weighted by molar-refractivity contribution is 5.68. The van der Waals surface area contributed by atoms with Crippen molar-refractivity contribution in [1.29, 1.82) is 0 Å². The SMILES string of the molecule is CCCc1n[c]c2ncn(C)c2n1. The smallest absolute Gasteiger partial charge is 0.163 e. The minimum absolute atomic E-state index is 0.738. The van der Waals surface area contributed by atoms with Crippen LogP contribution in [0.15, 0.2) is 6.33 Å². The molecule has 0 saturated heterocycles. The molecule has 0 aliphatic heterocycles. The molecule has 4 nitrogen and oxygen atoms in total. The van der Waals surface area contributed by atoms with E-state index in [0.29, 0.717) is 0 Å². The zero-order chi connectivity index (χ0) is 9.26. The lowest BCUT2D eigenvalue weighted by Crippen LogP contribution is -1.96. The molecule has 4 heteroatoms. The molecule has 2 rings (SSSR count). The van der Waals surface area contributed by atoms with Crippen molar-refractivity contribution in [1.82, 2.24) is 19.5 Å². The molecule has 2 aromatic heterocycles. The zero-order valence-electron chi connectivity index (χ0n) is 7.78. The fourth-order valence-electron chi connectivity index (χ4n) is 1.23. The van der Waals surface area contributed by atoms with E-state index in [9.17, 15) is 0 Å². The van der Waals surface area contributed by atoms with E-state index in [0.717, 1.165) is 29.8 Å². The molecule has 0 unspecified atom stereocenters. The summed E-state index contributed by atoms with van der Waals surface area (Å²) in [5.74, 6) is 0.846. The van der Waals surface area contributed by atoms with Gasteiger partial charge in [0.05, 0.1) is 6.33 Å². The molecule has 0 bridgehead atoms. The van der Waals surface area contributed by atoms with Gasteiger partial charge in [-0.3, -0.25) is 0 Å². The average molecular weight is 175 g/mol. The van der Waals surface area contributed by atoms with Gasteiger partial charge in [0.25, 0.3) is 0 Å². The van der Waals surface area contributed by atoms with Crippen LogP contribution < -0.4 is 0 Å². The third-order valence-electron chi connectivity index (χ3n) is 1.91. The summed E-state index contributed by atoms with van der Waals surface area (Å²) in [4.78, 5) is 12.6. The number of hydrogen-bond acceptors (Lipinski definition) is 3. The Morgan fingerprint density at radius 1 is 1.54 bits per heavy atom. The van der Waals surface area contributed by atoms with Crippen LogP contribution in [-0.4, -0.2) is 19.5 Å². The predicted octanol–water partition coefficient (Wildman–Crippen LogP) is 1.12. The third-order valence-corrected chi connectivity index (χ3v) is 1.91. The van der Waals surface area contributed by atoms with Gasteiger partial charge in [-0.25, -0.2) is 15.0 Å². The molecule has 13 heavy (non-hydrogen) atoms. The maximum absolute atomic E-state index is 4.38. The van der Waals surface area contributed by atoms with E-state index in [1.54, 1.807) is 6.33 Å². The van der Waals surface area contributed by atoms with Crippen LogP contribution >= 0.6 is 0 Å². The van der Waals surface area contributed by atoms with E-state index < -0.39 is 0 Å². The summed E-state index contributed by atoms with van der Waals surface area (Å²) in [6.45, 7) is 2.11. The number of rotatable bonds is 2. The molecule has 1 radical (unpaired) electrons. The Balaban J connectivity index is 2.53. The van der Waals surface area contributed by atoms with E-state index in [1.807, 2.05) is 11.6 Å². The standard InChI is InChI=1S/C9H11N4/c1-3-4-8-10-5-7-9(12-8)13(2)6-11-7/h6H,3-4H2,1-2H3. The second kappa shape index (κ2) is 3.12. The van der Waals surface area contributed by atoms with E-state index >= 15 is 0 Å². The third kappa shape index (κ3) is 1.39. The van der Waals surface area contributed by atoms with Gasteiger partial charge in [-0.2, -0.15) is 0 Å². The first-order chi connectivity index (χ1) is 6.31. The largest absolute Gasteiger partial charge is 0.318 e. The van der Waals surface area contributed by atoms with Gasteiger partial charge in [-0.1, -0.05) is 6.92 Å². The first-order valence-electron chi connectivity index (χ1n) is 4.37. The summed E-state index contributed by atoms with van der Waals surface area (Å²) in [6.07, 6.45) is 6.56. The fourth-order valence-corrected chi connectivity index (χ4v) is 1.23. The molecular weight excluding hydrogens is 164 g/mol. The normalized spacial score (nSPS) is 10.9. The molecule has 0 atom stereocenters. The first kappa shape index (κ1) is 8.16. The van der Waals surface area contributed by atoms with E-state index in [-0.39, 0.29) is 0 Å². The van der Waals surface area contributed by atoms with Gasteiger partial charge in [0, 0.05) is 13.5 Å². The number of hydrogen-bond donors (Lipinski definition) is 0. The molecule has 0 aromatic carbocycles. The van der Waals surface area contributed by atoms with Crippen LogP contribution in [-0.2, 0) is 13.5 Å². The molecular formula is C9H11N4. The van der Waals surface area contributed by atoms with Crippen molar-refractivity contribution in [3.05, 3.63) is 18.3 Å². The Morgan fingerprint density at radius 2 is 2.38 bits per heavy atom. The molecule has 0 N–H and O–H groups in total. The zero-order valence-corrected chi connectivity index (χ0v) is 7.78. The van der Waals surface area contributed by atoms with Gasteiger partial charge in [-0.15, -0.1) is 0 Å². The molecule has 0 amide bonds. The molecule has 0 saturated carbocycles. The fraction of sp³-hybridized carbons (Fsp3) is 0.444. The molecule has 2 heterocycles. The van der Waals surface area contributed by atoms with E-state index in [4.69, 9.17) is 0 Å². The van der Waals surface area contributed by atoms with Gasteiger partial charge in [0.1, 0.15) is 17.5 Å². The van der Waals surface area contributed by atoms with Crippen molar-refractivity contribution < 1.29 is 0 Å². The second-order valence-corrected chi connectivity index (χ2v) is 3.03. The maximum Gasteiger partial charge on any atom is 0.163 e. The predicted molar refractivity (Wildman–Crippen MR) is 49.1 cm³/mol. The van der Waals surface area contributed by atoms with Gasteiger partial charge < -0.3 is 4.57 Å². The summed E-state index contributed by atoms with van der Waals surface area (Å²) in [5.41, 5.74) is 1.60. The number of fused-ring (bicyclic) bond motifs is 1. The van der Waals surface area contributed by atoms with Gasteiger partial charge >= 0.3 is 0 Å². The number of imidazole rings is 1. The molecule has 0 aliphatic carbocycles.